The Hall–Kier alpha value is -6.13. The molecule has 4 N–H and O–H groups in total. The number of benzene rings is 5. The zero-order chi connectivity index (χ0) is 34.6. The molecule has 0 aliphatic rings. The number of carbonyl (C=O) groups is 4. The van der Waals surface area contributed by atoms with Crippen LogP contribution < -0.4 is 20.7 Å². The summed E-state index contributed by atoms with van der Waals surface area (Å²) < 4.78 is 5.51. The van der Waals surface area contributed by atoms with Crippen molar-refractivity contribution >= 4 is 52.9 Å². The zero-order valence-corrected chi connectivity index (χ0v) is 27.3. The van der Waals surface area contributed by atoms with E-state index in [1.807, 2.05) is 37.3 Å². The van der Waals surface area contributed by atoms with E-state index in [1.54, 1.807) is 97.1 Å². The number of thioether (sulfide) groups is 1. The second-order valence-electron chi connectivity index (χ2n) is 10.6. The fourth-order valence-electron chi connectivity index (χ4n) is 4.73. The molecule has 0 radical (unpaired) electrons. The van der Waals surface area contributed by atoms with Crippen LogP contribution in [0.25, 0.3) is 6.08 Å². The summed E-state index contributed by atoms with van der Waals surface area (Å²) >= 11 is 1.31. The third kappa shape index (κ3) is 9.69. The maximum atomic E-state index is 13.5. The molecule has 0 bridgehead atoms. The van der Waals surface area contributed by atoms with Crippen LogP contribution in [0.5, 0.6) is 5.75 Å². The van der Waals surface area contributed by atoms with Gasteiger partial charge in [-0.2, -0.15) is 0 Å². The molecule has 5 rings (SSSR count). The largest absolute Gasteiger partial charge is 0.494 e. The minimum atomic E-state index is -1.09. The van der Waals surface area contributed by atoms with Crippen molar-refractivity contribution in [3.05, 3.63) is 161 Å². The van der Waals surface area contributed by atoms with Gasteiger partial charge in [0.15, 0.2) is 0 Å². The molecule has 49 heavy (non-hydrogen) atoms. The van der Waals surface area contributed by atoms with Gasteiger partial charge in [-0.1, -0.05) is 66.7 Å². The lowest BCUT2D eigenvalue weighted by molar-refractivity contribution is -0.116. The number of amides is 3. The zero-order valence-electron chi connectivity index (χ0n) is 26.5. The van der Waals surface area contributed by atoms with E-state index in [1.165, 1.54) is 23.9 Å². The molecule has 0 fully saturated rings. The number of ether oxygens (including phenoxy) is 1. The van der Waals surface area contributed by atoms with Gasteiger partial charge in [-0.15, -0.1) is 11.8 Å². The standard InChI is InChI=1S/C39H33N3O6S/c1-2-48-32-20-16-26(17-21-32)24-34(42-36(43)28-12-7-4-8-13-28)37(44)40-30-18-22-33(23-19-30)49-35(27-10-5-3-6-11-27)38(45)41-31-15-9-14-29(25-31)39(46)47/h3-25,35H,2H2,1H3,(H,40,44)(H,41,45)(H,42,43)(H,46,47)/b34-24-. The molecular weight excluding hydrogens is 639 g/mol. The van der Waals surface area contributed by atoms with Gasteiger partial charge in [0.05, 0.1) is 12.2 Å². The molecule has 5 aromatic rings. The number of aromatic carboxylic acids is 1. The Balaban J connectivity index is 1.33. The van der Waals surface area contributed by atoms with E-state index in [0.29, 0.717) is 34.9 Å². The molecule has 0 heterocycles. The number of hydrogen-bond donors (Lipinski definition) is 4. The van der Waals surface area contributed by atoms with Crippen LogP contribution in [-0.2, 0) is 9.59 Å². The Morgan fingerprint density at radius 1 is 0.735 bits per heavy atom. The average molecular weight is 672 g/mol. The molecule has 0 aliphatic carbocycles. The molecule has 10 heteroatoms. The molecule has 1 atom stereocenters. The van der Waals surface area contributed by atoms with Crippen molar-refractivity contribution in [2.24, 2.45) is 0 Å². The summed E-state index contributed by atoms with van der Waals surface area (Å²) in [6, 6.07) is 38.1. The lowest BCUT2D eigenvalue weighted by Crippen LogP contribution is -2.30. The van der Waals surface area contributed by atoms with E-state index in [0.717, 1.165) is 10.5 Å². The average Bonchev–Trinajstić information content (AvgIpc) is 3.12. The van der Waals surface area contributed by atoms with Crippen LogP contribution in [0, 0.1) is 0 Å². The fourth-order valence-corrected chi connectivity index (χ4v) is 5.75. The molecule has 3 amide bonds. The Bertz CT molecular complexity index is 1950. The van der Waals surface area contributed by atoms with Crippen molar-refractivity contribution in [1.82, 2.24) is 5.32 Å². The van der Waals surface area contributed by atoms with Crippen molar-refractivity contribution in [3.8, 4) is 5.75 Å². The van der Waals surface area contributed by atoms with E-state index < -0.39 is 23.0 Å². The van der Waals surface area contributed by atoms with Gasteiger partial charge < -0.3 is 25.8 Å². The maximum Gasteiger partial charge on any atom is 0.335 e. The smallest absolute Gasteiger partial charge is 0.335 e. The lowest BCUT2D eigenvalue weighted by atomic mass is 10.1. The first kappa shape index (κ1) is 34.2. The molecule has 9 nitrogen and oxygen atoms in total. The highest BCUT2D eigenvalue weighted by atomic mass is 32.2. The maximum absolute atomic E-state index is 13.5. The van der Waals surface area contributed by atoms with Gasteiger partial charge in [-0.25, -0.2) is 4.79 Å². The molecule has 5 aromatic carbocycles. The summed E-state index contributed by atoms with van der Waals surface area (Å²) in [4.78, 5) is 52.2. The molecule has 246 valence electrons. The highest BCUT2D eigenvalue weighted by Crippen LogP contribution is 2.37. The Morgan fingerprint density at radius 2 is 1.39 bits per heavy atom. The quantitative estimate of drug-likeness (QED) is 0.0746. The van der Waals surface area contributed by atoms with E-state index in [-0.39, 0.29) is 17.2 Å². The van der Waals surface area contributed by atoms with Crippen LogP contribution in [0.15, 0.2) is 144 Å². The van der Waals surface area contributed by atoms with Crippen molar-refractivity contribution in [2.75, 3.05) is 17.2 Å². The number of hydrogen-bond acceptors (Lipinski definition) is 6. The van der Waals surface area contributed by atoms with Gasteiger partial charge >= 0.3 is 5.97 Å². The molecule has 1 unspecified atom stereocenters. The van der Waals surface area contributed by atoms with E-state index in [4.69, 9.17) is 4.74 Å². The summed E-state index contributed by atoms with van der Waals surface area (Å²) in [7, 11) is 0. The molecule has 0 spiro atoms. The van der Waals surface area contributed by atoms with Gasteiger partial charge in [0.1, 0.15) is 16.7 Å². The van der Waals surface area contributed by atoms with Gasteiger partial charge in [0.2, 0.25) is 5.91 Å². The predicted molar refractivity (Wildman–Crippen MR) is 192 cm³/mol. The highest BCUT2D eigenvalue weighted by molar-refractivity contribution is 8.00. The van der Waals surface area contributed by atoms with Gasteiger partial charge in [0, 0.05) is 21.8 Å². The van der Waals surface area contributed by atoms with Crippen molar-refractivity contribution < 1.29 is 29.0 Å². The SMILES string of the molecule is CCOc1ccc(/C=C(\NC(=O)c2ccccc2)C(=O)Nc2ccc(SC(C(=O)Nc3cccc(C(=O)O)c3)c3ccccc3)cc2)cc1. The molecule has 0 aliphatic heterocycles. The van der Waals surface area contributed by atoms with E-state index >= 15 is 0 Å². The summed E-state index contributed by atoms with van der Waals surface area (Å²) in [5, 5.41) is 17.1. The fraction of sp³-hybridized carbons (Fsp3) is 0.0769. The molecule has 0 saturated carbocycles. The van der Waals surface area contributed by atoms with Crippen LogP contribution >= 0.6 is 11.8 Å². The van der Waals surface area contributed by atoms with Crippen LogP contribution in [-0.4, -0.2) is 35.4 Å². The Morgan fingerprint density at radius 3 is 2.04 bits per heavy atom. The van der Waals surface area contributed by atoms with Crippen LogP contribution in [0.1, 0.15) is 44.0 Å². The van der Waals surface area contributed by atoms with Crippen molar-refractivity contribution in [1.29, 1.82) is 0 Å². The first-order valence-electron chi connectivity index (χ1n) is 15.4. The third-order valence-corrected chi connectivity index (χ3v) is 8.38. The second-order valence-corrected chi connectivity index (χ2v) is 11.8. The van der Waals surface area contributed by atoms with Gasteiger partial charge in [-0.3, -0.25) is 14.4 Å². The van der Waals surface area contributed by atoms with Crippen molar-refractivity contribution in [2.45, 2.75) is 17.1 Å². The number of carboxylic acids is 1. The normalized spacial score (nSPS) is 11.6. The minimum Gasteiger partial charge on any atom is -0.494 e. The number of carbonyl (C=O) groups excluding carboxylic acids is 3. The Kier molecular flexibility index (Phi) is 11.6. The number of anilines is 2. The molecular formula is C39H33N3O6S. The lowest BCUT2D eigenvalue weighted by Gasteiger charge is -2.18. The number of carboxylic acid groups (broad SMARTS) is 1. The van der Waals surface area contributed by atoms with E-state index in [9.17, 15) is 24.3 Å². The first-order valence-corrected chi connectivity index (χ1v) is 16.2. The van der Waals surface area contributed by atoms with Crippen LogP contribution in [0.3, 0.4) is 0 Å². The molecule has 0 saturated heterocycles. The third-order valence-electron chi connectivity index (χ3n) is 7.11. The summed E-state index contributed by atoms with van der Waals surface area (Å²) in [5.74, 6) is -1.68. The summed E-state index contributed by atoms with van der Waals surface area (Å²) in [6.07, 6.45) is 1.59. The van der Waals surface area contributed by atoms with Gasteiger partial charge in [-0.05, 0) is 90.9 Å². The number of rotatable bonds is 13. The monoisotopic (exact) mass is 671 g/mol. The van der Waals surface area contributed by atoms with Crippen LogP contribution in [0.4, 0.5) is 11.4 Å². The highest BCUT2D eigenvalue weighted by Gasteiger charge is 2.23. The first-order chi connectivity index (χ1) is 23.8. The van der Waals surface area contributed by atoms with Gasteiger partial charge in [0.25, 0.3) is 11.8 Å². The van der Waals surface area contributed by atoms with Crippen molar-refractivity contribution in [3.63, 3.8) is 0 Å². The second kappa shape index (κ2) is 16.6. The molecule has 0 aromatic heterocycles. The predicted octanol–water partition coefficient (Wildman–Crippen LogP) is 7.67. The summed E-state index contributed by atoms with van der Waals surface area (Å²) in [5.41, 5.74) is 2.82. The van der Waals surface area contributed by atoms with Crippen LogP contribution in [0.2, 0.25) is 0 Å². The topological polar surface area (TPSA) is 134 Å². The van der Waals surface area contributed by atoms with E-state index in [2.05, 4.69) is 16.0 Å². The minimum absolute atomic E-state index is 0.0456. The Labute approximate surface area is 288 Å². The summed E-state index contributed by atoms with van der Waals surface area (Å²) in [6.45, 7) is 2.42. The number of nitrogens with one attached hydrogen (secondary N) is 3.